The Kier molecular flexibility index (Phi) is 10.5. The van der Waals surface area contributed by atoms with Crippen molar-refractivity contribution in [1.29, 1.82) is 0 Å². The zero-order chi connectivity index (χ0) is 30.6. The number of nitrogens with zero attached hydrogens (tertiary/aromatic N) is 2. The zero-order valence-corrected chi connectivity index (χ0v) is 26.2. The quantitative estimate of drug-likeness (QED) is 0.260. The van der Waals surface area contributed by atoms with Crippen LogP contribution in [-0.2, 0) is 38.8 Å². The molecule has 0 spiro atoms. The van der Waals surface area contributed by atoms with Crippen LogP contribution < -0.4 is 9.62 Å². The van der Waals surface area contributed by atoms with E-state index in [1.807, 2.05) is 12.1 Å². The van der Waals surface area contributed by atoms with Crippen LogP contribution in [0.4, 0.5) is 19.4 Å². The van der Waals surface area contributed by atoms with Gasteiger partial charge in [0.2, 0.25) is 9.84 Å². The minimum absolute atomic E-state index is 0.226. The molecule has 1 N–H and O–H groups in total. The number of sulfone groups is 1. The molecule has 2 atom stereocenters. The molecule has 12 heteroatoms. The number of benzene rings is 1. The lowest BCUT2D eigenvalue weighted by Crippen LogP contribution is -2.55. The summed E-state index contributed by atoms with van der Waals surface area (Å²) in [5, 5.41) is -4.20. The number of hydrogen-bond acceptors (Lipinski definition) is 7. The summed E-state index contributed by atoms with van der Waals surface area (Å²) < 4.78 is 77.0. The van der Waals surface area contributed by atoms with Gasteiger partial charge in [0.05, 0.1) is 4.90 Å². The molecule has 8 nitrogen and oxygen atoms in total. The van der Waals surface area contributed by atoms with Gasteiger partial charge in [-0.15, -0.1) is 4.72 Å². The first-order valence-corrected chi connectivity index (χ1v) is 16.4. The molecule has 0 saturated heterocycles. The van der Waals surface area contributed by atoms with Crippen LogP contribution in [0, 0.1) is 0 Å². The van der Waals surface area contributed by atoms with E-state index in [-0.39, 0.29) is 12.8 Å². The topological polar surface area (TPSA) is 112 Å². The summed E-state index contributed by atoms with van der Waals surface area (Å²) in [4.78, 5) is 18.5. The van der Waals surface area contributed by atoms with E-state index >= 15 is 8.78 Å². The molecular formula is C29H41F2N3O5S2. The second-order valence-electron chi connectivity index (χ2n) is 12.2. The number of aromatic nitrogens is 1. The van der Waals surface area contributed by atoms with Crippen LogP contribution in [0.3, 0.4) is 0 Å². The van der Waals surface area contributed by atoms with E-state index in [4.69, 9.17) is 4.74 Å². The number of hydrogen-bond donors (Lipinski definition) is 1. The number of pyridine rings is 1. The van der Waals surface area contributed by atoms with E-state index in [1.165, 1.54) is 17.0 Å². The number of alkyl halides is 2. The molecule has 0 fully saturated rings. The van der Waals surface area contributed by atoms with Crippen LogP contribution in [0.25, 0.3) is 0 Å². The van der Waals surface area contributed by atoms with Crippen LogP contribution >= 0.6 is 0 Å². The van der Waals surface area contributed by atoms with Crippen molar-refractivity contribution in [1.82, 2.24) is 9.71 Å². The van der Waals surface area contributed by atoms with Crippen LogP contribution in [0.5, 0.6) is 0 Å². The van der Waals surface area contributed by atoms with E-state index in [1.54, 1.807) is 47.6 Å². The molecule has 0 radical (unpaired) electrons. The Labute approximate surface area is 245 Å². The number of fused-ring (bicyclic) bond motifs is 1. The molecule has 228 valence electrons. The fourth-order valence-electron chi connectivity index (χ4n) is 4.31. The van der Waals surface area contributed by atoms with Crippen LogP contribution in [0.1, 0.15) is 78.5 Å². The van der Waals surface area contributed by atoms with Crippen molar-refractivity contribution in [2.75, 3.05) is 11.4 Å². The van der Waals surface area contributed by atoms with Crippen molar-refractivity contribution in [3.63, 3.8) is 0 Å². The molecule has 2 aromatic rings. The third-order valence-electron chi connectivity index (χ3n) is 6.51. The summed E-state index contributed by atoms with van der Waals surface area (Å²) in [5.41, 5.74) is 0.972. The van der Waals surface area contributed by atoms with E-state index in [0.29, 0.717) is 30.9 Å². The Morgan fingerprint density at radius 1 is 1.10 bits per heavy atom. The smallest absolute Gasteiger partial charge is 0.416 e. The lowest BCUT2D eigenvalue weighted by atomic mass is 10.0. The highest BCUT2D eigenvalue weighted by molar-refractivity contribution is 7.93. The highest BCUT2D eigenvalue weighted by Crippen LogP contribution is 2.36. The predicted octanol–water partition coefficient (Wildman–Crippen LogP) is 5.97. The number of anilines is 1. The van der Waals surface area contributed by atoms with Gasteiger partial charge in [-0.2, -0.15) is 8.78 Å². The first-order valence-electron chi connectivity index (χ1n) is 13.8. The average molecular weight is 614 g/mol. The largest absolute Gasteiger partial charge is 0.598 e. The standard InChI is InChI=1S/C29H41F2N3O5S2/c1-27(2,3)39-26(35)34-20-12-13-21-18-19-22(32-25(21)34)14-10-11-17-24(33-40(36)28(4,5)6)29(30,31)41(37,38)23-15-8-7-9-16-23/h7-9,15-16,18-19,24,33H,10-14,17,20H2,1-6H3/t24-,40?/m1/s1. The van der Waals surface area contributed by atoms with Gasteiger partial charge in [-0.05, 0) is 97.4 Å². The van der Waals surface area contributed by atoms with Crippen molar-refractivity contribution < 1.29 is 31.3 Å². The van der Waals surface area contributed by atoms with Gasteiger partial charge in [0, 0.05) is 23.6 Å². The molecular weight excluding hydrogens is 572 g/mol. The van der Waals surface area contributed by atoms with Crippen molar-refractivity contribution in [2.24, 2.45) is 0 Å². The van der Waals surface area contributed by atoms with Gasteiger partial charge < -0.3 is 9.29 Å². The minimum atomic E-state index is -5.05. The highest BCUT2D eigenvalue weighted by Gasteiger charge is 2.54. The number of nitrogens with one attached hydrogen (secondary N) is 1. The van der Waals surface area contributed by atoms with E-state index in [2.05, 4.69) is 9.71 Å². The molecule has 2 heterocycles. The molecule has 1 amide bonds. The number of rotatable bonds is 10. The normalized spacial score (nSPS) is 16.2. The Morgan fingerprint density at radius 2 is 1.76 bits per heavy atom. The van der Waals surface area contributed by atoms with E-state index < -0.39 is 53.8 Å². The van der Waals surface area contributed by atoms with Gasteiger partial charge in [-0.25, -0.2) is 18.2 Å². The Balaban J connectivity index is 1.74. The van der Waals surface area contributed by atoms with Gasteiger partial charge in [0.1, 0.15) is 22.2 Å². The maximum atomic E-state index is 15.6. The lowest BCUT2D eigenvalue weighted by molar-refractivity contribution is 0.0514. The molecule has 1 aliphatic heterocycles. The van der Waals surface area contributed by atoms with E-state index in [9.17, 15) is 17.8 Å². The maximum Gasteiger partial charge on any atom is 0.416 e. The first-order chi connectivity index (χ1) is 18.9. The average Bonchev–Trinajstić information content (AvgIpc) is 2.88. The summed E-state index contributed by atoms with van der Waals surface area (Å²) in [5.74, 6) is 0.545. The molecule has 1 aliphatic rings. The summed E-state index contributed by atoms with van der Waals surface area (Å²) in [6, 6.07) is 8.48. The second-order valence-corrected chi connectivity index (χ2v) is 16.2. The second kappa shape index (κ2) is 12.9. The molecule has 41 heavy (non-hydrogen) atoms. The molecule has 0 aliphatic carbocycles. The summed E-state index contributed by atoms with van der Waals surface area (Å²) in [6.45, 7) is 10.8. The van der Waals surface area contributed by atoms with Gasteiger partial charge in [0.25, 0.3) is 0 Å². The number of carbonyl (C=O) groups excluding carboxylic acids is 1. The fraction of sp³-hybridized carbons (Fsp3) is 0.586. The molecule has 0 saturated carbocycles. The predicted molar refractivity (Wildman–Crippen MR) is 157 cm³/mol. The third kappa shape index (κ3) is 8.39. The van der Waals surface area contributed by atoms with Crippen molar-refractivity contribution in [2.45, 2.75) is 107 Å². The molecule has 1 aromatic carbocycles. The number of halogens is 2. The monoisotopic (exact) mass is 613 g/mol. The van der Waals surface area contributed by atoms with Crippen molar-refractivity contribution in [3.05, 3.63) is 53.7 Å². The Morgan fingerprint density at radius 3 is 2.37 bits per heavy atom. The van der Waals surface area contributed by atoms with Crippen molar-refractivity contribution in [3.8, 4) is 0 Å². The van der Waals surface area contributed by atoms with Gasteiger partial charge in [-0.1, -0.05) is 30.7 Å². The van der Waals surface area contributed by atoms with E-state index in [0.717, 1.165) is 30.5 Å². The third-order valence-corrected chi connectivity index (χ3v) is 10.0. The maximum absolute atomic E-state index is 15.6. The van der Waals surface area contributed by atoms with Crippen LogP contribution in [0.15, 0.2) is 47.4 Å². The SMILES string of the molecule is CC(C)(C)OC(=O)N1CCCc2ccc(CCCC[C@@H](N[S+]([O-])C(C)(C)C)C(F)(F)S(=O)(=O)c3ccccc3)nc21. The highest BCUT2D eigenvalue weighted by atomic mass is 32.2. The summed E-state index contributed by atoms with van der Waals surface area (Å²) in [7, 11) is -5.05. The molecule has 1 unspecified atom stereocenters. The zero-order valence-electron chi connectivity index (χ0n) is 24.6. The number of unbranched alkanes of at least 4 members (excludes halogenated alkanes) is 1. The number of ether oxygens (including phenoxy) is 1. The fourth-order valence-corrected chi connectivity index (χ4v) is 6.65. The minimum Gasteiger partial charge on any atom is -0.598 e. The summed E-state index contributed by atoms with van der Waals surface area (Å²) in [6.07, 6.45) is 1.97. The Bertz CT molecular complexity index is 1300. The number of amides is 1. The molecule has 3 rings (SSSR count). The van der Waals surface area contributed by atoms with Crippen molar-refractivity contribution >= 4 is 33.1 Å². The van der Waals surface area contributed by atoms with Gasteiger partial charge in [0.15, 0.2) is 0 Å². The number of aryl methyl sites for hydroxylation is 2. The van der Waals surface area contributed by atoms with Crippen LogP contribution in [-0.4, -0.2) is 52.2 Å². The first kappa shape index (κ1) is 33.2. The van der Waals surface area contributed by atoms with Gasteiger partial charge in [-0.3, -0.25) is 4.90 Å². The molecule has 1 aromatic heterocycles. The summed E-state index contributed by atoms with van der Waals surface area (Å²) >= 11 is -1.92. The number of carbonyl (C=O) groups is 1. The Hall–Kier alpha value is -2.28. The van der Waals surface area contributed by atoms with Gasteiger partial charge >= 0.3 is 11.3 Å². The molecule has 0 bridgehead atoms. The lowest BCUT2D eigenvalue weighted by Gasteiger charge is -2.32. The van der Waals surface area contributed by atoms with Crippen LogP contribution in [0.2, 0.25) is 0 Å².